The first-order valence-electron chi connectivity index (χ1n) is 3.54. The fourth-order valence-electron chi connectivity index (χ4n) is 0.666. The van der Waals surface area contributed by atoms with E-state index in [9.17, 15) is 13.2 Å². The highest BCUT2D eigenvalue weighted by atomic mass is 19.4. The van der Waals surface area contributed by atoms with Crippen LogP contribution in [0.2, 0.25) is 0 Å². The van der Waals surface area contributed by atoms with Gasteiger partial charge in [-0.25, -0.2) is 0 Å². The first-order valence-corrected chi connectivity index (χ1v) is 3.54. The van der Waals surface area contributed by atoms with Crippen molar-refractivity contribution >= 4 is 0 Å². The van der Waals surface area contributed by atoms with Crippen LogP contribution in [0.4, 0.5) is 13.2 Å². The lowest BCUT2D eigenvalue weighted by atomic mass is 10.2. The quantitative estimate of drug-likeness (QED) is 0.769. The number of alkyl halides is 3. The zero-order valence-electron chi connectivity index (χ0n) is 6.80. The van der Waals surface area contributed by atoms with Crippen LogP contribution in [0.15, 0.2) is 4.52 Å². The monoisotopic (exact) mass is 195 g/mol. The number of halogens is 3. The maximum Gasteiger partial charge on any atom is 0.400 e. The molecule has 0 fully saturated rings. The van der Waals surface area contributed by atoms with E-state index in [0.717, 1.165) is 6.92 Å². The molecule has 7 heteroatoms. The second-order valence-corrected chi connectivity index (χ2v) is 2.52. The Morgan fingerprint density at radius 2 is 2.15 bits per heavy atom. The Labute approximate surface area is 71.9 Å². The lowest BCUT2D eigenvalue weighted by Crippen LogP contribution is -2.18. The maximum atomic E-state index is 12.1. The Balaban J connectivity index is 2.83. The fraction of sp³-hybridized carbons (Fsp3) is 0.667. The minimum atomic E-state index is -4.36. The highest BCUT2D eigenvalue weighted by molar-refractivity contribution is 4.95. The van der Waals surface area contributed by atoms with Crippen molar-refractivity contribution in [3.05, 3.63) is 11.7 Å². The third-order valence-corrected chi connectivity index (χ3v) is 1.53. The zero-order valence-corrected chi connectivity index (χ0v) is 6.80. The van der Waals surface area contributed by atoms with Crippen LogP contribution in [0.5, 0.6) is 0 Å². The molecule has 0 amide bonds. The number of nitrogens with zero attached hydrogens (tertiary/aromatic N) is 2. The predicted octanol–water partition coefficient (Wildman–Crippen LogP) is 1.19. The van der Waals surface area contributed by atoms with E-state index in [0.29, 0.717) is 0 Å². The van der Waals surface area contributed by atoms with Crippen LogP contribution in [0.25, 0.3) is 0 Å². The predicted molar refractivity (Wildman–Crippen MR) is 36.7 cm³/mol. The Kier molecular flexibility index (Phi) is 2.55. The van der Waals surface area contributed by atoms with Gasteiger partial charge in [-0.2, -0.15) is 18.2 Å². The molecule has 1 atom stereocenters. The molecule has 13 heavy (non-hydrogen) atoms. The van der Waals surface area contributed by atoms with E-state index in [1.807, 2.05) is 0 Å². The van der Waals surface area contributed by atoms with E-state index in [1.54, 1.807) is 0 Å². The summed E-state index contributed by atoms with van der Waals surface area (Å²) in [7, 11) is 0. The van der Waals surface area contributed by atoms with Gasteiger partial charge >= 0.3 is 6.18 Å². The Bertz CT molecular complexity index is 283. The van der Waals surface area contributed by atoms with Crippen LogP contribution in [-0.4, -0.2) is 16.3 Å². The summed E-state index contributed by atoms with van der Waals surface area (Å²) in [5.41, 5.74) is 5.11. The molecule has 1 rings (SSSR count). The molecule has 0 aliphatic heterocycles. The van der Waals surface area contributed by atoms with Crippen molar-refractivity contribution in [2.45, 2.75) is 25.6 Å². The molecular formula is C6H8F3N3O. The van der Waals surface area contributed by atoms with E-state index >= 15 is 0 Å². The summed E-state index contributed by atoms with van der Waals surface area (Å²) in [6, 6.07) is 0. The molecule has 1 aromatic rings. The first-order chi connectivity index (χ1) is 5.95. The number of rotatable bonds is 2. The Morgan fingerprint density at radius 1 is 1.54 bits per heavy atom. The number of nitrogens with two attached hydrogens (primary N) is 1. The van der Waals surface area contributed by atoms with E-state index in [2.05, 4.69) is 14.7 Å². The summed E-state index contributed by atoms with van der Waals surface area (Å²) in [5.74, 6) is -2.13. The van der Waals surface area contributed by atoms with Gasteiger partial charge < -0.3 is 10.3 Å². The molecule has 0 bridgehead atoms. The normalized spacial score (nSPS) is 14.5. The molecule has 0 spiro atoms. The van der Waals surface area contributed by atoms with Crippen molar-refractivity contribution in [1.29, 1.82) is 0 Å². The van der Waals surface area contributed by atoms with E-state index < -0.39 is 18.0 Å². The average molecular weight is 195 g/mol. The fourth-order valence-corrected chi connectivity index (χ4v) is 0.666. The molecule has 0 aliphatic carbocycles. The summed E-state index contributed by atoms with van der Waals surface area (Å²) < 4.78 is 40.6. The summed E-state index contributed by atoms with van der Waals surface area (Å²) >= 11 is 0. The van der Waals surface area contributed by atoms with E-state index in [-0.39, 0.29) is 12.4 Å². The maximum absolute atomic E-state index is 12.1. The summed E-state index contributed by atoms with van der Waals surface area (Å²) in [6.45, 7) is 0.919. The van der Waals surface area contributed by atoms with Crippen molar-refractivity contribution in [3.63, 3.8) is 0 Å². The van der Waals surface area contributed by atoms with Gasteiger partial charge in [0, 0.05) is 0 Å². The second kappa shape index (κ2) is 3.33. The molecule has 0 aromatic carbocycles. The van der Waals surface area contributed by atoms with Gasteiger partial charge in [0.05, 0.1) is 6.54 Å². The molecule has 0 saturated heterocycles. The third kappa shape index (κ3) is 2.18. The van der Waals surface area contributed by atoms with E-state index in [4.69, 9.17) is 5.73 Å². The van der Waals surface area contributed by atoms with Crippen molar-refractivity contribution in [1.82, 2.24) is 10.1 Å². The van der Waals surface area contributed by atoms with Gasteiger partial charge in [-0.05, 0) is 6.92 Å². The van der Waals surface area contributed by atoms with E-state index in [1.165, 1.54) is 0 Å². The second-order valence-electron chi connectivity index (χ2n) is 2.52. The Hall–Kier alpha value is -1.11. The van der Waals surface area contributed by atoms with Gasteiger partial charge in [0.25, 0.3) is 0 Å². The van der Waals surface area contributed by atoms with Gasteiger partial charge in [-0.1, -0.05) is 5.16 Å². The Morgan fingerprint density at radius 3 is 2.54 bits per heavy atom. The molecule has 0 radical (unpaired) electrons. The molecule has 1 aromatic heterocycles. The molecule has 2 N–H and O–H groups in total. The smallest absolute Gasteiger partial charge is 0.339 e. The van der Waals surface area contributed by atoms with Crippen molar-refractivity contribution in [2.75, 3.05) is 0 Å². The van der Waals surface area contributed by atoms with Crippen molar-refractivity contribution in [2.24, 2.45) is 5.73 Å². The number of hydrogen-bond donors (Lipinski definition) is 1. The van der Waals surface area contributed by atoms with Crippen molar-refractivity contribution < 1.29 is 17.7 Å². The largest absolute Gasteiger partial charge is 0.400 e. The van der Waals surface area contributed by atoms with Gasteiger partial charge in [0.2, 0.25) is 5.89 Å². The summed E-state index contributed by atoms with van der Waals surface area (Å²) in [6.07, 6.45) is -4.36. The highest BCUT2D eigenvalue weighted by Crippen LogP contribution is 2.32. The van der Waals surface area contributed by atoms with Gasteiger partial charge in [0.15, 0.2) is 5.82 Å². The van der Waals surface area contributed by atoms with Crippen LogP contribution in [0.1, 0.15) is 24.6 Å². The minimum absolute atomic E-state index is 0.0337. The molecule has 4 nitrogen and oxygen atoms in total. The molecule has 74 valence electrons. The van der Waals surface area contributed by atoms with Gasteiger partial charge in [-0.3, -0.25) is 0 Å². The van der Waals surface area contributed by atoms with Gasteiger partial charge in [0.1, 0.15) is 5.92 Å². The average Bonchev–Trinajstić information content (AvgIpc) is 2.48. The zero-order chi connectivity index (χ0) is 10.1. The SMILES string of the molecule is CC(c1nc(CN)no1)C(F)(F)F. The van der Waals surface area contributed by atoms with Crippen LogP contribution in [-0.2, 0) is 6.54 Å². The van der Waals surface area contributed by atoms with Crippen LogP contribution >= 0.6 is 0 Å². The molecule has 0 saturated carbocycles. The van der Waals surface area contributed by atoms with Gasteiger partial charge in [-0.15, -0.1) is 0 Å². The lowest BCUT2D eigenvalue weighted by molar-refractivity contribution is -0.151. The minimum Gasteiger partial charge on any atom is -0.339 e. The molecular weight excluding hydrogens is 187 g/mol. The lowest BCUT2D eigenvalue weighted by Gasteiger charge is -2.09. The topological polar surface area (TPSA) is 64.9 Å². The summed E-state index contributed by atoms with van der Waals surface area (Å²) in [4.78, 5) is 3.47. The first kappa shape index (κ1) is 9.97. The molecule has 1 heterocycles. The standard InChI is InChI=1S/C6H8F3N3O/c1-3(6(7,8)9)5-11-4(2-10)12-13-5/h3H,2,10H2,1H3. The molecule has 0 aliphatic rings. The van der Waals surface area contributed by atoms with Crippen LogP contribution in [0, 0.1) is 0 Å². The van der Waals surface area contributed by atoms with Crippen LogP contribution < -0.4 is 5.73 Å². The van der Waals surface area contributed by atoms with Crippen LogP contribution in [0.3, 0.4) is 0 Å². The molecule has 1 unspecified atom stereocenters. The third-order valence-electron chi connectivity index (χ3n) is 1.53. The number of aromatic nitrogens is 2. The van der Waals surface area contributed by atoms with Crippen molar-refractivity contribution in [3.8, 4) is 0 Å². The number of hydrogen-bond acceptors (Lipinski definition) is 4. The summed E-state index contributed by atoms with van der Waals surface area (Å²) in [5, 5.41) is 3.26. The highest BCUT2D eigenvalue weighted by Gasteiger charge is 2.40.